The molecule has 6 nitrogen and oxygen atoms in total. The van der Waals surface area contributed by atoms with Crippen molar-refractivity contribution in [3.8, 4) is 11.3 Å². The summed E-state index contributed by atoms with van der Waals surface area (Å²) in [6.45, 7) is 2.01. The number of benzene rings is 2. The van der Waals surface area contributed by atoms with Gasteiger partial charge in [-0.05, 0) is 18.6 Å². The smallest absolute Gasteiger partial charge is 0.357 e. The minimum atomic E-state index is -0.894. The van der Waals surface area contributed by atoms with Gasteiger partial charge >= 0.3 is 5.97 Å². The Bertz CT molecular complexity index is 907. The molecule has 6 heteroatoms. The van der Waals surface area contributed by atoms with Crippen molar-refractivity contribution < 1.29 is 14.3 Å². The van der Waals surface area contributed by atoms with E-state index < -0.39 is 12.1 Å². The maximum absolute atomic E-state index is 12.5. The van der Waals surface area contributed by atoms with Crippen LogP contribution >= 0.6 is 0 Å². The highest BCUT2D eigenvalue weighted by Crippen LogP contribution is 2.17. The van der Waals surface area contributed by atoms with Crippen LogP contribution in [0.2, 0.25) is 0 Å². The van der Waals surface area contributed by atoms with Crippen LogP contribution in [-0.4, -0.2) is 40.1 Å². The summed E-state index contributed by atoms with van der Waals surface area (Å²) in [4.78, 5) is 26.3. The van der Waals surface area contributed by atoms with E-state index in [2.05, 4.69) is 10.2 Å². The van der Waals surface area contributed by atoms with E-state index >= 15 is 0 Å². The third-order valence-electron chi connectivity index (χ3n) is 4.14. The molecule has 3 aromatic rings. The number of amides is 1. The number of nitrogens with zero attached hydrogens (tertiary/aromatic N) is 2. The Hall–Kier alpha value is -3.41. The number of ether oxygens (including phenoxy) is 1. The Morgan fingerprint density at radius 1 is 1.07 bits per heavy atom. The van der Waals surface area contributed by atoms with Gasteiger partial charge in [0.1, 0.15) is 5.69 Å². The Labute approximate surface area is 157 Å². The zero-order valence-corrected chi connectivity index (χ0v) is 15.3. The summed E-state index contributed by atoms with van der Waals surface area (Å²) >= 11 is 0. The van der Waals surface area contributed by atoms with Crippen LogP contribution in [0.5, 0.6) is 0 Å². The van der Waals surface area contributed by atoms with E-state index in [0.717, 1.165) is 11.1 Å². The lowest BCUT2D eigenvalue weighted by molar-refractivity contribution is -0.139. The summed E-state index contributed by atoms with van der Waals surface area (Å²) in [5.41, 5.74) is 2.74. The third-order valence-corrected chi connectivity index (χ3v) is 4.14. The number of hydrogen-bond acceptors (Lipinski definition) is 4. The molecule has 1 N–H and O–H groups in total. The fourth-order valence-corrected chi connectivity index (χ4v) is 2.70. The van der Waals surface area contributed by atoms with Crippen LogP contribution in [0, 0.1) is 0 Å². The number of rotatable bonds is 6. The molecular formula is C21H21N3O3. The molecule has 1 atom stereocenters. The number of aromatic nitrogens is 2. The Kier molecular flexibility index (Phi) is 5.66. The molecule has 0 aliphatic carbocycles. The number of nitrogens with one attached hydrogen (secondary N) is 1. The van der Waals surface area contributed by atoms with E-state index in [0.29, 0.717) is 12.2 Å². The van der Waals surface area contributed by atoms with Gasteiger partial charge in [0.25, 0.3) is 5.91 Å². The van der Waals surface area contributed by atoms with Crippen LogP contribution in [0.1, 0.15) is 23.0 Å². The van der Waals surface area contributed by atoms with Crippen LogP contribution in [-0.2, 0) is 16.1 Å². The van der Waals surface area contributed by atoms with Gasteiger partial charge in [0.2, 0.25) is 0 Å². The van der Waals surface area contributed by atoms with Crippen molar-refractivity contribution in [3.05, 3.63) is 78.0 Å². The molecule has 0 aliphatic heterocycles. The van der Waals surface area contributed by atoms with E-state index in [9.17, 15) is 9.59 Å². The Morgan fingerprint density at radius 2 is 1.70 bits per heavy atom. The molecule has 2 aromatic carbocycles. The highest BCUT2D eigenvalue weighted by atomic mass is 16.5. The summed E-state index contributed by atoms with van der Waals surface area (Å²) < 4.78 is 5.30. The molecule has 1 amide bonds. The van der Waals surface area contributed by atoms with E-state index in [1.54, 1.807) is 20.0 Å². The van der Waals surface area contributed by atoms with E-state index in [1.165, 1.54) is 4.90 Å². The standard InChI is InChI=1S/C21H21N3O3/c1-15(20(25)24(2)14-16-9-5-3-6-10-16)27-21(26)19-13-18(22-23-19)17-11-7-4-8-12-17/h3-13,15H,14H2,1-2H3,(H,22,23). The molecule has 1 heterocycles. The predicted molar refractivity (Wildman–Crippen MR) is 102 cm³/mol. The molecule has 0 aliphatic rings. The SMILES string of the molecule is CC(OC(=O)c1cc(-c2ccccc2)n[nH]1)C(=O)N(C)Cc1ccccc1. The molecule has 0 fully saturated rings. The first kappa shape index (κ1) is 18.4. The van der Waals surface area contributed by atoms with Gasteiger partial charge in [-0.1, -0.05) is 60.7 Å². The van der Waals surface area contributed by atoms with Crippen LogP contribution in [0.15, 0.2) is 66.7 Å². The fraction of sp³-hybridized carbons (Fsp3) is 0.190. The van der Waals surface area contributed by atoms with Crippen molar-refractivity contribution in [3.63, 3.8) is 0 Å². The fourth-order valence-electron chi connectivity index (χ4n) is 2.70. The molecule has 27 heavy (non-hydrogen) atoms. The molecule has 0 saturated carbocycles. The van der Waals surface area contributed by atoms with Crippen molar-refractivity contribution in [1.29, 1.82) is 0 Å². The van der Waals surface area contributed by atoms with Crippen molar-refractivity contribution in [2.75, 3.05) is 7.05 Å². The van der Waals surface area contributed by atoms with Crippen LogP contribution in [0.3, 0.4) is 0 Å². The number of H-pyrrole nitrogens is 1. The van der Waals surface area contributed by atoms with Crippen molar-refractivity contribution in [2.24, 2.45) is 0 Å². The normalized spacial score (nSPS) is 11.6. The Balaban J connectivity index is 1.60. The maximum Gasteiger partial charge on any atom is 0.357 e. The molecule has 1 unspecified atom stereocenters. The summed E-state index contributed by atoms with van der Waals surface area (Å²) in [7, 11) is 1.68. The number of carbonyl (C=O) groups is 2. The van der Waals surface area contributed by atoms with Gasteiger partial charge in [0.05, 0.1) is 5.69 Å². The predicted octanol–water partition coefficient (Wildman–Crippen LogP) is 3.28. The quantitative estimate of drug-likeness (QED) is 0.682. The second-order valence-electron chi connectivity index (χ2n) is 6.26. The number of carbonyl (C=O) groups excluding carboxylic acids is 2. The zero-order valence-electron chi connectivity index (χ0n) is 15.3. The van der Waals surface area contributed by atoms with Crippen LogP contribution in [0.4, 0.5) is 0 Å². The van der Waals surface area contributed by atoms with Gasteiger partial charge < -0.3 is 9.64 Å². The first-order valence-electron chi connectivity index (χ1n) is 8.65. The number of esters is 1. The third kappa shape index (κ3) is 4.61. The lowest BCUT2D eigenvalue weighted by Gasteiger charge is -2.21. The highest BCUT2D eigenvalue weighted by Gasteiger charge is 2.23. The second-order valence-corrected chi connectivity index (χ2v) is 6.26. The zero-order chi connectivity index (χ0) is 19.2. The molecule has 138 valence electrons. The average molecular weight is 363 g/mol. The number of hydrogen-bond donors (Lipinski definition) is 1. The number of aromatic amines is 1. The lowest BCUT2D eigenvalue weighted by Crippen LogP contribution is -2.37. The van der Waals surface area contributed by atoms with E-state index in [4.69, 9.17) is 4.74 Å². The van der Waals surface area contributed by atoms with Gasteiger partial charge in [-0.3, -0.25) is 9.89 Å². The van der Waals surface area contributed by atoms with Gasteiger partial charge in [0, 0.05) is 19.2 Å². The molecule has 1 aromatic heterocycles. The summed E-state index contributed by atoms with van der Waals surface area (Å²) in [5, 5.41) is 6.80. The van der Waals surface area contributed by atoms with Crippen molar-refractivity contribution in [1.82, 2.24) is 15.1 Å². The monoisotopic (exact) mass is 363 g/mol. The van der Waals surface area contributed by atoms with Gasteiger partial charge in [-0.2, -0.15) is 5.10 Å². The maximum atomic E-state index is 12.5. The topological polar surface area (TPSA) is 75.3 Å². The Morgan fingerprint density at radius 3 is 2.37 bits per heavy atom. The van der Waals surface area contributed by atoms with E-state index in [-0.39, 0.29) is 11.6 Å². The van der Waals surface area contributed by atoms with Crippen molar-refractivity contribution in [2.45, 2.75) is 19.6 Å². The largest absolute Gasteiger partial charge is 0.448 e. The van der Waals surface area contributed by atoms with Crippen molar-refractivity contribution >= 4 is 11.9 Å². The first-order chi connectivity index (χ1) is 13.0. The molecule has 3 rings (SSSR count). The average Bonchev–Trinajstić information content (AvgIpc) is 3.19. The summed E-state index contributed by atoms with van der Waals surface area (Å²) in [5.74, 6) is -0.881. The van der Waals surface area contributed by atoms with E-state index in [1.807, 2.05) is 60.7 Å². The highest BCUT2D eigenvalue weighted by molar-refractivity contribution is 5.91. The summed E-state index contributed by atoms with van der Waals surface area (Å²) in [6, 6.07) is 20.7. The number of likely N-dealkylation sites (N-methyl/N-ethyl adjacent to an activating group) is 1. The van der Waals surface area contributed by atoms with Gasteiger partial charge in [-0.25, -0.2) is 4.79 Å². The molecule has 0 bridgehead atoms. The minimum Gasteiger partial charge on any atom is -0.448 e. The van der Waals surface area contributed by atoms with Crippen LogP contribution in [0.25, 0.3) is 11.3 Å². The minimum absolute atomic E-state index is 0.208. The van der Waals surface area contributed by atoms with Gasteiger partial charge in [0.15, 0.2) is 6.10 Å². The summed E-state index contributed by atoms with van der Waals surface area (Å²) in [6.07, 6.45) is -0.894. The lowest BCUT2D eigenvalue weighted by atomic mass is 10.1. The second kappa shape index (κ2) is 8.31. The molecule has 0 spiro atoms. The molecular weight excluding hydrogens is 342 g/mol. The van der Waals surface area contributed by atoms with Crippen LogP contribution < -0.4 is 0 Å². The molecule has 0 radical (unpaired) electrons. The molecule has 0 saturated heterocycles. The first-order valence-corrected chi connectivity index (χ1v) is 8.65. The van der Waals surface area contributed by atoms with Gasteiger partial charge in [-0.15, -0.1) is 0 Å².